The van der Waals surface area contributed by atoms with Gasteiger partial charge in [0.25, 0.3) is 0 Å². The van der Waals surface area contributed by atoms with Crippen LogP contribution >= 0.6 is 0 Å². The molecule has 2 rings (SSSR count). The molecule has 0 fully saturated rings. The quantitative estimate of drug-likeness (QED) is 0.900. The smallest absolute Gasteiger partial charge is 0.168 e. The first-order chi connectivity index (χ1) is 8.63. The van der Waals surface area contributed by atoms with Gasteiger partial charge in [0, 0.05) is 19.7 Å². The summed E-state index contributed by atoms with van der Waals surface area (Å²) in [5.74, 6) is -0.245. The average molecular weight is 250 g/mol. The Bertz CT molecular complexity index is 540. The molecule has 1 aromatic heterocycles. The van der Waals surface area contributed by atoms with Crippen LogP contribution in [0.25, 0.3) is 0 Å². The van der Waals surface area contributed by atoms with Crippen LogP contribution in [-0.2, 0) is 13.5 Å². The van der Waals surface area contributed by atoms with Gasteiger partial charge in [0.15, 0.2) is 11.6 Å². The Balaban J connectivity index is 2.22. The van der Waals surface area contributed by atoms with Gasteiger partial charge in [-0.05, 0) is 17.7 Å². The Hall–Kier alpha value is -1.88. The molecule has 0 radical (unpaired) electrons. The number of aliphatic hydroxyl groups is 1. The monoisotopic (exact) mass is 250 g/mol. The van der Waals surface area contributed by atoms with Crippen molar-refractivity contribution in [2.75, 3.05) is 7.11 Å². The Kier molecular flexibility index (Phi) is 3.62. The number of aryl methyl sites for hydroxylation is 1. The molecule has 0 aliphatic heterocycles. The van der Waals surface area contributed by atoms with Gasteiger partial charge in [0.05, 0.1) is 18.9 Å². The summed E-state index contributed by atoms with van der Waals surface area (Å²) in [6.45, 7) is 0. The molecule has 0 spiro atoms. The van der Waals surface area contributed by atoms with E-state index in [1.807, 2.05) is 0 Å². The molecule has 0 saturated heterocycles. The topological polar surface area (TPSA) is 47.3 Å². The molecule has 0 aliphatic carbocycles. The first kappa shape index (κ1) is 12.6. The minimum atomic E-state index is -0.792. The Morgan fingerprint density at radius 1 is 1.44 bits per heavy atom. The summed E-state index contributed by atoms with van der Waals surface area (Å²) in [5.41, 5.74) is 1.07. The lowest BCUT2D eigenvalue weighted by Crippen LogP contribution is -2.09. The second-order valence-electron chi connectivity index (χ2n) is 4.03. The van der Waals surface area contributed by atoms with Gasteiger partial charge < -0.3 is 9.84 Å². The number of hydrogen-bond donors (Lipinski definition) is 1. The van der Waals surface area contributed by atoms with Crippen LogP contribution in [-0.4, -0.2) is 22.0 Å². The fourth-order valence-corrected chi connectivity index (χ4v) is 1.90. The molecule has 1 N–H and O–H groups in total. The largest absolute Gasteiger partial charge is 0.494 e. The highest BCUT2D eigenvalue weighted by atomic mass is 19.1. The second-order valence-corrected chi connectivity index (χ2v) is 4.03. The van der Waals surface area contributed by atoms with Gasteiger partial charge in [-0.1, -0.05) is 12.1 Å². The number of ether oxygens (including phenoxy) is 1. The zero-order valence-corrected chi connectivity index (χ0v) is 10.3. The number of nitrogens with zero attached hydrogens (tertiary/aromatic N) is 2. The second kappa shape index (κ2) is 5.18. The molecule has 1 heterocycles. The van der Waals surface area contributed by atoms with Crippen LogP contribution in [0.5, 0.6) is 5.75 Å². The molecule has 0 amide bonds. The van der Waals surface area contributed by atoms with E-state index in [0.717, 1.165) is 0 Å². The highest BCUT2D eigenvalue weighted by molar-refractivity contribution is 5.31. The number of hydrogen-bond acceptors (Lipinski definition) is 3. The van der Waals surface area contributed by atoms with E-state index >= 15 is 0 Å². The highest BCUT2D eigenvalue weighted by Crippen LogP contribution is 2.24. The maximum atomic E-state index is 13.9. The van der Waals surface area contributed by atoms with Crippen molar-refractivity contribution < 1.29 is 14.2 Å². The minimum Gasteiger partial charge on any atom is -0.494 e. The van der Waals surface area contributed by atoms with Crippen LogP contribution < -0.4 is 4.74 Å². The third kappa shape index (κ3) is 2.36. The van der Waals surface area contributed by atoms with Gasteiger partial charge in [-0.3, -0.25) is 4.68 Å². The first-order valence-electron chi connectivity index (χ1n) is 5.61. The predicted molar refractivity (Wildman–Crippen MR) is 64.8 cm³/mol. The zero-order valence-electron chi connectivity index (χ0n) is 10.3. The van der Waals surface area contributed by atoms with Gasteiger partial charge in [-0.25, -0.2) is 4.39 Å². The zero-order chi connectivity index (χ0) is 13.1. The Morgan fingerprint density at radius 2 is 2.22 bits per heavy atom. The molecule has 5 heteroatoms. The van der Waals surface area contributed by atoms with Crippen molar-refractivity contribution in [3.63, 3.8) is 0 Å². The third-order valence-electron chi connectivity index (χ3n) is 2.88. The van der Waals surface area contributed by atoms with Crippen LogP contribution in [0, 0.1) is 5.82 Å². The number of methoxy groups -OCH3 is 1. The number of rotatable bonds is 4. The first-order valence-corrected chi connectivity index (χ1v) is 5.61. The molecule has 1 atom stereocenters. The van der Waals surface area contributed by atoms with Crippen LogP contribution in [0.3, 0.4) is 0 Å². The molecule has 0 bridgehead atoms. The van der Waals surface area contributed by atoms with E-state index < -0.39 is 11.9 Å². The lowest BCUT2D eigenvalue weighted by atomic mass is 10.0. The molecular formula is C13H15FN2O2. The van der Waals surface area contributed by atoms with Crippen molar-refractivity contribution in [3.8, 4) is 5.75 Å². The molecule has 0 aliphatic rings. The van der Waals surface area contributed by atoms with Crippen molar-refractivity contribution in [2.45, 2.75) is 12.5 Å². The average Bonchev–Trinajstić information content (AvgIpc) is 2.78. The normalized spacial score (nSPS) is 12.4. The fourth-order valence-electron chi connectivity index (χ4n) is 1.90. The summed E-state index contributed by atoms with van der Waals surface area (Å²) in [4.78, 5) is 0. The molecule has 4 nitrogen and oxygen atoms in total. The van der Waals surface area contributed by atoms with Crippen molar-refractivity contribution in [1.82, 2.24) is 9.78 Å². The lowest BCUT2D eigenvalue weighted by Gasteiger charge is -2.12. The van der Waals surface area contributed by atoms with Crippen LogP contribution in [0.4, 0.5) is 4.39 Å². The number of halogens is 1. The standard InChI is InChI=1S/C13H15FN2O2/c1-16-10(6-7-15-16)11(17)8-9-4-3-5-12(18-2)13(9)14/h3-7,11,17H,8H2,1-2H3. The number of aromatic nitrogens is 2. The lowest BCUT2D eigenvalue weighted by molar-refractivity contribution is 0.167. The van der Waals surface area contributed by atoms with Crippen molar-refractivity contribution >= 4 is 0 Å². The molecule has 1 aromatic carbocycles. The summed E-state index contributed by atoms with van der Waals surface area (Å²) in [7, 11) is 3.15. The molecule has 2 aromatic rings. The van der Waals surface area contributed by atoms with Gasteiger partial charge in [-0.15, -0.1) is 0 Å². The minimum absolute atomic E-state index is 0.183. The van der Waals surface area contributed by atoms with Gasteiger partial charge in [0.2, 0.25) is 0 Å². The predicted octanol–water partition coefficient (Wildman–Crippen LogP) is 1.84. The Labute approximate surface area is 105 Å². The van der Waals surface area contributed by atoms with Gasteiger partial charge in [0.1, 0.15) is 0 Å². The van der Waals surface area contributed by atoms with E-state index in [0.29, 0.717) is 11.3 Å². The summed E-state index contributed by atoms with van der Waals surface area (Å²) in [6.07, 6.45) is 0.988. The highest BCUT2D eigenvalue weighted by Gasteiger charge is 2.16. The summed E-state index contributed by atoms with van der Waals surface area (Å²) >= 11 is 0. The Morgan fingerprint density at radius 3 is 2.83 bits per heavy atom. The van der Waals surface area contributed by atoms with E-state index in [-0.39, 0.29) is 12.2 Å². The van der Waals surface area contributed by atoms with E-state index in [1.165, 1.54) is 7.11 Å². The summed E-state index contributed by atoms with van der Waals surface area (Å²) in [5, 5.41) is 14.0. The molecule has 18 heavy (non-hydrogen) atoms. The van der Waals surface area contributed by atoms with E-state index in [2.05, 4.69) is 5.10 Å². The fraction of sp³-hybridized carbons (Fsp3) is 0.308. The van der Waals surface area contributed by atoms with E-state index in [9.17, 15) is 9.50 Å². The maximum Gasteiger partial charge on any atom is 0.168 e. The number of benzene rings is 1. The van der Waals surface area contributed by atoms with Crippen molar-refractivity contribution in [1.29, 1.82) is 0 Å². The van der Waals surface area contributed by atoms with Crippen LogP contribution in [0.2, 0.25) is 0 Å². The SMILES string of the molecule is COc1cccc(CC(O)c2ccnn2C)c1F. The van der Waals surface area contributed by atoms with Gasteiger partial charge in [-0.2, -0.15) is 5.10 Å². The van der Waals surface area contributed by atoms with Crippen LogP contribution in [0.15, 0.2) is 30.5 Å². The van der Waals surface area contributed by atoms with Crippen molar-refractivity contribution in [2.24, 2.45) is 7.05 Å². The third-order valence-corrected chi connectivity index (χ3v) is 2.88. The van der Waals surface area contributed by atoms with Crippen molar-refractivity contribution in [3.05, 3.63) is 47.5 Å². The molecular weight excluding hydrogens is 235 g/mol. The van der Waals surface area contributed by atoms with Crippen LogP contribution in [0.1, 0.15) is 17.4 Å². The molecule has 1 unspecified atom stereocenters. The maximum absolute atomic E-state index is 13.9. The molecule has 0 saturated carbocycles. The van der Waals surface area contributed by atoms with Gasteiger partial charge >= 0.3 is 0 Å². The summed E-state index contributed by atoms with van der Waals surface area (Å²) in [6, 6.07) is 6.60. The molecule has 96 valence electrons. The van der Waals surface area contributed by atoms with E-state index in [4.69, 9.17) is 4.74 Å². The van der Waals surface area contributed by atoms with E-state index in [1.54, 1.807) is 42.2 Å². The summed E-state index contributed by atoms with van der Waals surface area (Å²) < 4.78 is 20.4. The number of aliphatic hydroxyl groups excluding tert-OH is 1.